The Morgan fingerprint density at radius 1 is 0.311 bits per heavy atom. The monoisotopic (exact) mass is 795 g/mol. The third kappa shape index (κ3) is 6.32. The largest absolute Gasteiger partial charge is 0.310 e. The Hall–Kier alpha value is -7.52. The third-order valence-electron chi connectivity index (χ3n) is 12.2. The molecule has 0 saturated carbocycles. The van der Waals surface area contributed by atoms with Crippen molar-refractivity contribution in [1.82, 2.24) is 0 Å². The number of nitrogens with zero attached hydrogens (tertiary/aromatic N) is 1. The average molecular weight is 796 g/mol. The molecule has 1 aromatic heterocycles. The van der Waals surface area contributed by atoms with Crippen LogP contribution in [0.3, 0.4) is 0 Å². The van der Waals surface area contributed by atoms with E-state index in [1.807, 2.05) is 11.3 Å². The highest BCUT2D eigenvalue weighted by atomic mass is 32.1. The Morgan fingerprint density at radius 2 is 0.672 bits per heavy atom. The summed E-state index contributed by atoms with van der Waals surface area (Å²) in [7, 11) is 0. The average Bonchev–Trinajstić information content (AvgIpc) is 3.88. The van der Waals surface area contributed by atoms with Crippen LogP contribution < -0.4 is 4.90 Å². The summed E-state index contributed by atoms with van der Waals surface area (Å²) in [5.74, 6) is 0. The Morgan fingerprint density at radius 3 is 1.11 bits per heavy atom. The smallest absolute Gasteiger partial charge is 0.0728 e. The highest BCUT2D eigenvalue weighted by molar-refractivity contribution is 7.19. The van der Waals surface area contributed by atoms with E-state index in [0.29, 0.717) is 0 Å². The van der Waals surface area contributed by atoms with Gasteiger partial charge in [0.2, 0.25) is 0 Å². The summed E-state index contributed by atoms with van der Waals surface area (Å²) in [6.45, 7) is 0. The van der Waals surface area contributed by atoms with Crippen molar-refractivity contribution in [3.63, 3.8) is 0 Å². The fourth-order valence-corrected chi connectivity index (χ4v) is 10.8. The lowest BCUT2D eigenvalue weighted by Crippen LogP contribution is -2.29. The molecule has 0 unspecified atom stereocenters. The van der Waals surface area contributed by atoms with E-state index >= 15 is 0 Å². The quantitative estimate of drug-likeness (QED) is 0.141. The molecular formula is C59H41NS. The maximum absolute atomic E-state index is 2.49. The van der Waals surface area contributed by atoms with Gasteiger partial charge in [-0.3, -0.25) is 0 Å². The van der Waals surface area contributed by atoms with Crippen LogP contribution in [0.2, 0.25) is 0 Å². The van der Waals surface area contributed by atoms with Gasteiger partial charge in [-0.2, -0.15) is 0 Å². The van der Waals surface area contributed by atoms with Gasteiger partial charge in [-0.05, 0) is 97.6 Å². The lowest BCUT2D eigenvalue weighted by atomic mass is 9.67. The molecule has 0 bridgehead atoms. The molecule has 10 aromatic rings. The predicted molar refractivity (Wildman–Crippen MR) is 258 cm³/mol. The minimum absolute atomic E-state index is 0.613. The normalized spacial score (nSPS) is 12.4. The number of benzene rings is 9. The van der Waals surface area contributed by atoms with Crippen LogP contribution in [0.15, 0.2) is 249 Å². The standard InChI is InChI=1S/C59H41NS/c1-7-19-42(20-8-1)44-31-35-50(36-32-44)60(51-37-33-45(34-38-51)43-21-9-2-10-22-43)52-39-40-53-54(41-52)59(48-27-15-5-16-28-48,49-29-17-6-18-30-49)56-55(53)57(46-23-11-3-12-24-46)61-58(56)47-25-13-4-14-26-47/h1-41H. The van der Waals surface area contributed by atoms with Crippen LogP contribution in [-0.4, -0.2) is 0 Å². The van der Waals surface area contributed by atoms with Crippen LogP contribution in [0.25, 0.3) is 54.3 Å². The summed E-state index contributed by atoms with van der Waals surface area (Å²) in [5, 5.41) is 0. The molecule has 61 heavy (non-hydrogen) atoms. The van der Waals surface area contributed by atoms with E-state index < -0.39 is 5.41 Å². The number of hydrogen-bond donors (Lipinski definition) is 0. The van der Waals surface area contributed by atoms with E-state index in [0.717, 1.165) is 17.1 Å². The van der Waals surface area contributed by atoms with Gasteiger partial charge in [0.15, 0.2) is 0 Å². The van der Waals surface area contributed by atoms with E-state index in [1.165, 1.54) is 76.5 Å². The molecular weight excluding hydrogens is 755 g/mol. The number of hydrogen-bond acceptors (Lipinski definition) is 2. The molecule has 0 saturated heterocycles. The van der Waals surface area contributed by atoms with Crippen LogP contribution in [0, 0.1) is 0 Å². The van der Waals surface area contributed by atoms with Gasteiger partial charge < -0.3 is 4.90 Å². The molecule has 0 radical (unpaired) electrons. The molecule has 1 aliphatic carbocycles. The Bertz CT molecular complexity index is 2950. The molecule has 1 heterocycles. The molecule has 0 N–H and O–H groups in total. The highest BCUT2D eigenvalue weighted by Crippen LogP contribution is 2.64. The van der Waals surface area contributed by atoms with E-state index in [4.69, 9.17) is 0 Å². The second kappa shape index (κ2) is 15.6. The Kier molecular flexibility index (Phi) is 9.34. The van der Waals surface area contributed by atoms with E-state index in [1.54, 1.807) is 0 Å². The number of fused-ring (bicyclic) bond motifs is 3. The zero-order chi connectivity index (χ0) is 40.6. The van der Waals surface area contributed by atoms with Crippen molar-refractivity contribution in [2.75, 3.05) is 4.90 Å². The Balaban J connectivity index is 1.19. The maximum atomic E-state index is 2.49. The first-order chi connectivity index (χ1) is 30.3. The van der Waals surface area contributed by atoms with Crippen LogP contribution in [0.4, 0.5) is 17.1 Å². The van der Waals surface area contributed by atoms with Crippen molar-refractivity contribution in [2.24, 2.45) is 0 Å². The number of rotatable bonds is 9. The number of thiophene rings is 1. The lowest BCUT2D eigenvalue weighted by Gasteiger charge is -2.35. The van der Waals surface area contributed by atoms with Gasteiger partial charge in [-0.15, -0.1) is 11.3 Å². The van der Waals surface area contributed by atoms with Gasteiger partial charge in [0.25, 0.3) is 0 Å². The second-order valence-corrected chi connectivity index (χ2v) is 16.6. The first-order valence-corrected chi connectivity index (χ1v) is 21.7. The van der Waals surface area contributed by atoms with Crippen molar-refractivity contribution >= 4 is 28.4 Å². The van der Waals surface area contributed by atoms with E-state index in [-0.39, 0.29) is 0 Å². The summed E-state index contributed by atoms with van der Waals surface area (Å²) in [4.78, 5) is 5.01. The topological polar surface area (TPSA) is 3.24 Å². The Labute approximate surface area is 362 Å². The molecule has 9 aromatic carbocycles. The third-order valence-corrected chi connectivity index (χ3v) is 13.5. The minimum Gasteiger partial charge on any atom is -0.310 e. The van der Waals surface area contributed by atoms with Crippen molar-refractivity contribution < 1.29 is 0 Å². The molecule has 0 atom stereocenters. The first-order valence-electron chi connectivity index (χ1n) is 20.9. The predicted octanol–water partition coefficient (Wildman–Crippen LogP) is 16.2. The zero-order valence-electron chi connectivity index (χ0n) is 33.5. The van der Waals surface area contributed by atoms with Crippen LogP contribution in [-0.2, 0) is 5.41 Å². The van der Waals surface area contributed by atoms with Crippen LogP contribution in [0.1, 0.15) is 22.3 Å². The summed E-state index contributed by atoms with van der Waals surface area (Å²) < 4.78 is 0. The van der Waals surface area contributed by atoms with Crippen molar-refractivity contribution in [3.05, 3.63) is 271 Å². The lowest BCUT2D eigenvalue weighted by molar-refractivity contribution is 0.773. The SMILES string of the molecule is c1ccc(-c2ccc(N(c3ccc(-c4ccccc4)cc3)c3ccc4c(c3)C(c3ccccc3)(c3ccccc3)c3c(-c5ccccc5)sc(-c5ccccc5)c3-4)cc2)cc1. The highest BCUT2D eigenvalue weighted by Gasteiger charge is 2.50. The van der Waals surface area contributed by atoms with Gasteiger partial charge in [0.1, 0.15) is 0 Å². The summed E-state index contributed by atoms with van der Waals surface area (Å²) in [6.07, 6.45) is 0. The van der Waals surface area contributed by atoms with Gasteiger partial charge in [-0.1, -0.05) is 212 Å². The fourth-order valence-electron chi connectivity index (χ4n) is 9.42. The van der Waals surface area contributed by atoms with Crippen LogP contribution >= 0.6 is 11.3 Å². The molecule has 288 valence electrons. The molecule has 1 nitrogen and oxygen atoms in total. The molecule has 1 aliphatic rings. The van der Waals surface area contributed by atoms with Gasteiger partial charge in [-0.25, -0.2) is 0 Å². The van der Waals surface area contributed by atoms with E-state index in [9.17, 15) is 0 Å². The van der Waals surface area contributed by atoms with Gasteiger partial charge in [0.05, 0.1) is 5.41 Å². The van der Waals surface area contributed by atoms with E-state index in [2.05, 4.69) is 254 Å². The molecule has 0 aliphatic heterocycles. The molecule has 0 fully saturated rings. The number of anilines is 3. The summed E-state index contributed by atoms with van der Waals surface area (Å²) in [6, 6.07) is 90.8. The van der Waals surface area contributed by atoms with Crippen molar-refractivity contribution in [2.45, 2.75) is 5.41 Å². The second-order valence-electron chi connectivity index (χ2n) is 15.6. The maximum Gasteiger partial charge on any atom is 0.0728 e. The molecule has 2 heteroatoms. The summed E-state index contributed by atoms with van der Waals surface area (Å²) in [5.41, 5.74) is 17.6. The molecule has 11 rings (SSSR count). The first kappa shape index (κ1) is 36.6. The van der Waals surface area contributed by atoms with Crippen molar-refractivity contribution in [1.29, 1.82) is 0 Å². The molecule has 0 amide bonds. The van der Waals surface area contributed by atoms with Gasteiger partial charge in [0, 0.05) is 32.4 Å². The van der Waals surface area contributed by atoms with Crippen molar-refractivity contribution in [3.8, 4) is 54.3 Å². The molecule has 0 spiro atoms. The van der Waals surface area contributed by atoms with Gasteiger partial charge >= 0.3 is 0 Å². The summed E-state index contributed by atoms with van der Waals surface area (Å²) >= 11 is 1.92. The fraction of sp³-hybridized carbons (Fsp3) is 0.0169. The minimum atomic E-state index is -0.613. The van der Waals surface area contributed by atoms with Crippen LogP contribution in [0.5, 0.6) is 0 Å². The zero-order valence-corrected chi connectivity index (χ0v) is 34.3.